The van der Waals surface area contributed by atoms with E-state index in [4.69, 9.17) is 88.4 Å². The van der Waals surface area contributed by atoms with Gasteiger partial charge in [0, 0.05) is 99.1 Å². The van der Waals surface area contributed by atoms with Crippen molar-refractivity contribution in [3.05, 3.63) is 206 Å². The van der Waals surface area contributed by atoms with Gasteiger partial charge in [-0.1, -0.05) is 83.4 Å². The number of fused-ring (bicyclic) bond motifs is 3. The van der Waals surface area contributed by atoms with Crippen molar-refractivity contribution in [3.63, 3.8) is 0 Å². The van der Waals surface area contributed by atoms with E-state index in [1.165, 1.54) is 11.3 Å². The Morgan fingerprint density at radius 2 is 0.785 bits per heavy atom. The van der Waals surface area contributed by atoms with Crippen LogP contribution < -0.4 is 0 Å². The molecule has 0 aliphatic carbocycles. The molecule has 0 radical (unpaired) electrons. The average Bonchev–Trinajstić information content (AvgIpc) is 1.66. The van der Waals surface area contributed by atoms with Gasteiger partial charge in [-0.15, -0.1) is 34.0 Å². The standard InChI is InChI=1S/2C32H35ClN4O3S.C30H33ClN4O3S/c2*1-7-39-31(38)27(40-32(3,4)5)25-19(2)18-24-28(26(25)20-8-10-22(33)11-9-20)41-30(36-24)23-12-15-34-29(35-23)21-13-16-37(6)17-14-21;1-17-16-22-26(39-28(34-22)21-10-13-32-27(33-21)19-11-14-35(5)15-12-19)24(18-6-8-20(31)9-7-18)23(17)25(29(36)37)38-30(2,3)4/h2*8-13,15,18,27H,7,14,16-17H2,1-6H3;6-10,13,16,19,25H,11-12,14-15H2,1-5H3,(H,36,37)/t2*27-;25-/m000/s1. The fraction of sp³-hybridized carbons (Fsp3) is 0.383. The lowest BCUT2D eigenvalue weighted by molar-refractivity contribution is -0.167. The highest BCUT2D eigenvalue weighted by Crippen LogP contribution is 2.49. The zero-order valence-electron chi connectivity index (χ0n) is 71.5. The van der Waals surface area contributed by atoms with Gasteiger partial charge in [0.15, 0.2) is 30.0 Å². The van der Waals surface area contributed by atoms with Crippen molar-refractivity contribution >= 4 is 129 Å². The third-order valence-electron chi connectivity index (χ3n) is 20.7. The van der Waals surface area contributed by atoms with Crippen LogP contribution in [0.5, 0.6) is 0 Å². The highest BCUT2D eigenvalue weighted by atomic mass is 35.5. The van der Waals surface area contributed by atoms with Crippen LogP contribution in [0.3, 0.4) is 0 Å². The van der Waals surface area contributed by atoms with Crippen LogP contribution in [0.15, 0.2) is 140 Å². The number of aryl methyl sites for hydroxylation is 3. The number of benzene rings is 6. The number of likely N-dealkylation sites (N-methyl/N-ethyl adjacent to an activating group) is 2. The van der Waals surface area contributed by atoms with E-state index in [1.54, 1.807) is 48.9 Å². The highest BCUT2D eigenvalue weighted by molar-refractivity contribution is 7.23. The van der Waals surface area contributed by atoms with Gasteiger partial charge in [0.05, 0.1) is 60.7 Å². The zero-order valence-corrected chi connectivity index (χ0v) is 76.2. The van der Waals surface area contributed by atoms with E-state index >= 15 is 0 Å². The van der Waals surface area contributed by atoms with Crippen LogP contribution >= 0.6 is 68.8 Å². The molecule has 1 saturated heterocycles. The van der Waals surface area contributed by atoms with Gasteiger partial charge >= 0.3 is 17.9 Å². The summed E-state index contributed by atoms with van der Waals surface area (Å²) in [5, 5.41) is 14.5. The molecule has 6 aromatic heterocycles. The summed E-state index contributed by atoms with van der Waals surface area (Å²) in [6, 6.07) is 34.4. The van der Waals surface area contributed by atoms with Gasteiger partial charge < -0.3 is 43.5 Å². The predicted octanol–water partition coefficient (Wildman–Crippen LogP) is 22.2. The Bertz CT molecular complexity index is 5610. The van der Waals surface area contributed by atoms with Crippen molar-refractivity contribution in [2.75, 3.05) is 73.6 Å². The molecule has 9 heterocycles. The molecule has 3 aliphatic heterocycles. The van der Waals surface area contributed by atoms with Gasteiger partial charge in [-0.2, -0.15) is 0 Å². The summed E-state index contributed by atoms with van der Waals surface area (Å²) in [7, 11) is 6.36. The minimum absolute atomic E-state index is 0.258. The second-order valence-electron chi connectivity index (χ2n) is 33.6. The first-order chi connectivity index (χ1) is 57.6. The molecule has 0 saturated carbocycles. The number of ether oxygens (including phenoxy) is 5. The van der Waals surface area contributed by atoms with Gasteiger partial charge in [0.25, 0.3) is 0 Å². The number of carbonyl (C=O) groups excluding carboxylic acids is 2. The minimum Gasteiger partial charge on any atom is -0.479 e. The second-order valence-corrected chi connectivity index (χ2v) is 37.9. The number of carbonyl (C=O) groups is 3. The molecular formula is C94H103Cl3N12O9S3. The highest BCUT2D eigenvalue weighted by Gasteiger charge is 2.38. The summed E-state index contributed by atoms with van der Waals surface area (Å²) >= 11 is 23.4. The minimum atomic E-state index is -1.15. The van der Waals surface area contributed by atoms with E-state index in [0.717, 1.165) is 218 Å². The molecule has 27 heteroatoms. The Balaban J connectivity index is 0.000000157. The summed E-state index contributed by atoms with van der Waals surface area (Å²) in [5.41, 5.74) is 15.2. The Labute approximate surface area is 734 Å². The Kier molecular flexibility index (Phi) is 28.3. The van der Waals surface area contributed by atoms with E-state index in [0.29, 0.717) is 26.5 Å². The van der Waals surface area contributed by atoms with E-state index in [1.807, 2.05) is 198 Å². The lowest BCUT2D eigenvalue weighted by Crippen LogP contribution is -2.29. The van der Waals surface area contributed by atoms with Crippen molar-refractivity contribution in [1.29, 1.82) is 0 Å². The van der Waals surface area contributed by atoms with Crippen LogP contribution in [-0.4, -0.2) is 173 Å². The maximum atomic E-state index is 13.4. The smallest absolute Gasteiger partial charge is 0.339 e. The molecule has 6 aromatic carbocycles. The number of esters is 2. The number of rotatable bonds is 20. The molecule has 0 unspecified atom stereocenters. The lowest BCUT2D eigenvalue weighted by Gasteiger charge is -2.29. The first kappa shape index (κ1) is 89.5. The number of piperidine rings is 1. The molecule has 21 nitrogen and oxygen atoms in total. The van der Waals surface area contributed by atoms with Gasteiger partial charge in [-0.05, 0) is 274 Å². The summed E-state index contributed by atoms with van der Waals surface area (Å²) in [6.45, 7) is 33.0. The van der Waals surface area contributed by atoms with Crippen LogP contribution in [-0.2, 0) is 38.1 Å². The largest absolute Gasteiger partial charge is 0.479 e. The monoisotopic (exact) mass is 1740 g/mol. The molecule has 12 aromatic rings. The van der Waals surface area contributed by atoms with E-state index in [2.05, 4.69) is 62.9 Å². The Morgan fingerprint density at radius 1 is 0.455 bits per heavy atom. The predicted molar refractivity (Wildman–Crippen MR) is 489 cm³/mol. The summed E-state index contributed by atoms with van der Waals surface area (Å²) in [4.78, 5) is 89.7. The van der Waals surface area contributed by atoms with E-state index in [-0.39, 0.29) is 13.2 Å². The summed E-state index contributed by atoms with van der Waals surface area (Å²) < 4.78 is 32.7. The molecule has 15 rings (SSSR count). The molecule has 121 heavy (non-hydrogen) atoms. The fourth-order valence-corrected chi connectivity index (χ4v) is 18.7. The normalized spacial score (nSPS) is 15.4. The molecule has 0 spiro atoms. The van der Waals surface area contributed by atoms with Crippen LogP contribution in [0, 0.1) is 20.8 Å². The van der Waals surface area contributed by atoms with Crippen LogP contribution in [0.1, 0.15) is 177 Å². The SMILES string of the molecule is CCOC(=O)[C@@H](OC(C)(C)C)c1c(C)cc2nc(-c3ccnc(C4=CCN(C)CC4)n3)sc2c1-c1ccc(Cl)cc1.CCOC(=O)[C@@H](OC(C)(C)C)c1c(C)cc2nc(-c3ccnc(C4=CCN(C)CC4)n3)sc2c1-c1ccc(Cl)cc1.Cc1cc2nc(-c3ccnc(C4CCN(C)CC4)n3)sc2c(-c2ccc(Cl)cc2)c1[C@H](OC(C)(C)C)C(=O)O. The number of nitrogens with zero attached hydrogens (tertiary/aromatic N) is 12. The second kappa shape index (κ2) is 38.3. The maximum absolute atomic E-state index is 13.4. The first-order valence-corrected chi connectivity index (χ1v) is 44.3. The third-order valence-corrected chi connectivity index (χ3v) is 24.8. The number of thiazole rings is 3. The molecule has 0 bridgehead atoms. The molecule has 0 amide bonds. The number of halogens is 3. The lowest BCUT2D eigenvalue weighted by atomic mass is 9.91. The maximum Gasteiger partial charge on any atom is 0.339 e. The number of likely N-dealkylation sites (tertiary alicyclic amines) is 1. The number of carboxylic acids is 1. The van der Waals surface area contributed by atoms with Crippen molar-refractivity contribution in [3.8, 4) is 65.5 Å². The molecule has 1 fully saturated rings. The molecule has 1 N–H and O–H groups in total. The number of aromatic nitrogens is 9. The molecule has 3 atom stereocenters. The van der Waals surface area contributed by atoms with Crippen LogP contribution in [0.4, 0.5) is 0 Å². The van der Waals surface area contributed by atoms with Gasteiger partial charge in [0.1, 0.15) is 37.9 Å². The number of carboxylic acid groups (broad SMARTS) is 1. The first-order valence-electron chi connectivity index (χ1n) is 40.7. The Morgan fingerprint density at radius 3 is 1.11 bits per heavy atom. The van der Waals surface area contributed by atoms with Crippen molar-refractivity contribution < 1.29 is 43.2 Å². The Hall–Kier alpha value is -9.25. The third kappa shape index (κ3) is 21.7. The van der Waals surface area contributed by atoms with Crippen LogP contribution in [0.25, 0.3) is 107 Å². The number of hydrogen-bond donors (Lipinski definition) is 1. The fourth-order valence-electron chi connectivity index (χ4n) is 15.0. The van der Waals surface area contributed by atoms with Crippen molar-refractivity contribution in [2.45, 2.75) is 164 Å². The number of hydrogen-bond acceptors (Lipinski definition) is 23. The molecular weight excluding hydrogens is 1640 g/mol. The van der Waals surface area contributed by atoms with Gasteiger partial charge in [-0.25, -0.2) is 59.2 Å². The van der Waals surface area contributed by atoms with Gasteiger partial charge in [0.2, 0.25) is 0 Å². The summed E-state index contributed by atoms with van der Waals surface area (Å²) in [5.74, 6) is 0.800. The van der Waals surface area contributed by atoms with Crippen LogP contribution in [0.2, 0.25) is 15.1 Å². The average molecular weight is 1750 g/mol. The topological polar surface area (TPSA) is 243 Å². The molecule has 632 valence electrons. The molecule has 3 aliphatic rings. The quantitative estimate of drug-likeness (QED) is 0.0697. The van der Waals surface area contributed by atoms with Crippen molar-refractivity contribution in [1.82, 2.24) is 59.6 Å². The van der Waals surface area contributed by atoms with Gasteiger partial charge in [-0.3, -0.25) is 0 Å². The zero-order chi connectivity index (χ0) is 86.5. The number of aliphatic carboxylic acids is 1. The summed E-state index contributed by atoms with van der Waals surface area (Å²) in [6.07, 6.45) is 10.7. The van der Waals surface area contributed by atoms with E-state index < -0.39 is 53.0 Å². The van der Waals surface area contributed by atoms with Crippen molar-refractivity contribution in [2.24, 2.45) is 0 Å². The van der Waals surface area contributed by atoms with E-state index in [9.17, 15) is 19.5 Å².